The first-order valence-corrected chi connectivity index (χ1v) is 1.69. The Bertz CT molecular complexity index is 73.7. The summed E-state index contributed by atoms with van der Waals surface area (Å²) in [5.41, 5.74) is 0. The summed E-state index contributed by atoms with van der Waals surface area (Å²) in [6.45, 7) is 0. The molecule has 0 radical (unpaired) electrons. The molecule has 0 N–H and O–H groups in total. The second kappa shape index (κ2) is 3.69. The maximum absolute atomic E-state index is 8.97. The predicted octanol–water partition coefficient (Wildman–Crippen LogP) is -0.182. The van der Waals surface area contributed by atoms with E-state index < -0.39 is 0 Å². The Morgan fingerprint density at radius 3 is 2.40 bits per heavy atom. The summed E-state index contributed by atoms with van der Waals surface area (Å²) in [5.74, 6) is 0. The number of carbonyl (C=O) groups excluding carboxylic acids is 1. The number of hydrogen-bond acceptors (Lipinski definition) is 3. The fourth-order valence-electron chi connectivity index (χ4n) is 0.0124. The first kappa shape index (κ1) is 4.69. The van der Waals surface area contributed by atoms with Crippen LogP contribution >= 0.6 is 0 Å². The molecule has 0 bridgehead atoms. The van der Waals surface area contributed by atoms with Crippen molar-refractivity contribution in [3.05, 3.63) is 4.91 Å². The summed E-state index contributed by atoms with van der Waals surface area (Å²) in [7, 11) is 0. The van der Waals surface area contributed by atoms with Gasteiger partial charge >= 0.3 is 33.2 Å². The molecule has 0 saturated heterocycles. The molecular formula is CCoNO2. The van der Waals surface area contributed by atoms with Gasteiger partial charge in [-0.2, -0.15) is 0 Å². The summed E-state index contributed by atoms with van der Waals surface area (Å²) < 4.78 is 2.15. The van der Waals surface area contributed by atoms with Crippen LogP contribution in [0.25, 0.3) is 0 Å². The molecule has 0 aliphatic heterocycles. The molecule has 0 amide bonds. The molecule has 4 heteroatoms. The summed E-state index contributed by atoms with van der Waals surface area (Å²) in [4.78, 5) is 19.1. The van der Waals surface area contributed by atoms with Gasteiger partial charge in [-0.3, -0.25) is 0 Å². The van der Waals surface area contributed by atoms with Crippen molar-refractivity contribution in [3.8, 4) is 0 Å². The average molecular weight is 117 g/mol. The summed E-state index contributed by atoms with van der Waals surface area (Å²) >= 11 is -0.132. The van der Waals surface area contributed by atoms with Crippen LogP contribution in [0.1, 0.15) is 0 Å². The van der Waals surface area contributed by atoms with Crippen molar-refractivity contribution >= 4 is 4.82 Å². The quantitative estimate of drug-likeness (QED) is 0.447. The van der Waals surface area contributed by atoms with Crippen LogP contribution in [-0.4, -0.2) is 4.82 Å². The van der Waals surface area contributed by atoms with Crippen LogP contribution < -0.4 is 0 Å². The SMILES string of the molecule is O=[C]=[Co][N]=O. The Morgan fingerprint density at radius 2 is 2.40 bits per heavy atom. The molecule has 0 spiro atoms. The standard InChI is InChI=1S/CO.Co.NO/c1-2;;1-2/q;+1;-1. The molecule has 0 aromatic rings. The third kappa shape index (κ3) is 3.69. The molecule has 0 heterocycles. The molecule has 0 aromatic carbocycles. The van der Waals surface area contributed by atoms with E-state index in [1.54, 1.807) is 0 Å². The number of nitrogens with zero attached hydrogens (tertiary/aromatic N) is 1. The normalized spacial score (nSPS) is 6.40. The van der Waals surface area contributed by atoms with Crippen molar-refractivity contribution in [2.24, 2.45) is 4.23 Å². The van der Waals surface area contributed by atoms with Crippen molar-refractivity contribution < 1.29 is 19.3 Å². The van der Waals surface area contributed by atoms with E-state index in [0.717, 1.165) is 0 Å². The van der Waals surface area contributed by atoms with Crippen LogP contribution in [0.15, 0.2) is 4.23 Å². The number of hydrogen-bond donors (Lipinski definition) is 0. The third-order valence-corrected chi connectivity index (χ3v) is 0.251. The van der Waals surface area contributed by atoms with Gasteiger partial charge in [0.2, 0.25) is 0 Å². The molecule has 0 rings (SSSR count). The molecule has 3 nitrogen and oxygen atoms in total. The Kier molecular flexibility index (Phi) is 3.46. The fourth-order valence-corrected chi connectivity index (χ4v) is 0.0512. The first-order chi connectivity index (χ1) is 2.41. The number of nitroso groups, excluding NO2 is 1. The van der Waals surface area contributed by atoms with Crippen molar-refractivity contribution in [1.29, 1.82) is 0 Å². The molecule has 0 saturated carbocycles. The van der Waals surface area contributed by atoms with Gasteiger partial charge in [-0.1, -0.05) is 0 Å². The molecule has 30 valence electrons. The summed E-state index contributed by atoms with van der Waals surface area (Å²) in [5, 5.41) is 0. The van der Waals surface area contributed by atoms with E-state index in [-0.39, 0.29) is 14.5 Å². The summed E-state index contributed by atoms with van der Waals surface area (Å²) in [6.07, 6.45) is 0. The van der Waals surface area contributed by atoms with Crippen molar-refractivity contribution in [2.45, 2.75) is 0 Å². The Balaban J connectivity index is 3.31. The minimum absolute atomic E-state index is 0.132. The molecule has 0 unspecified atom stereocenters. The molecule has 0 aliphatic carbocycles. The van der Waals surface area contributed by atoms with Gasteiger partial charge in [-0.25, -0.2) is 0 Å². The zero-order chi connectivity index (χ0) is 4.12. The van der Waals surface area contributed by atoms with Crippen LogP contribution in [0, 0.1) is 4.91 Å². The van der Waals surface area contributed by atoms with Crippen molar-refractivity contribution in [1.82, 2.24) is 0 Å². The molecule has 0 aliphatic rings. The Hall–Kier alpha value is -0.314. The van der Waals surface area contributed by atoms with Crippen LogP contribution in [-0.2, 0) is 19.3 Å². The van der Waals surface area contributed by atoms with E-state index in [2.05, 4.69) is 4.23 Å². The van der Waals surface area contributed by atoms with Crippen LogP contribution in [0.5, 0.6) is 0 Å². The van der Waals surface area contributed by atoms with E-state index in [9.17, 15) is 0 Å². The van der Waals surface area contributed by atoms with Gasteiger partial charge in [0.15, 0.2) is 0 Å². The topological polar surface area (TPSA) is 46.5 Å². The van der Waals surface area contributed by atoms with E-state index in [0.29, 0.717) is 0 Å². The second-order valence-electron chi connectivity index (χ2n) is 0.203. The van der Waals surface area contributed by atoms with Gasteiger partial charge < -0.3 is 0 Å². The Labute approximate surface area is 34.1 Å². The molecule has 0 atom stereocenters. The van der Waals surface area contributed by atoms with Gasteiger partial charge in [0.05, 0.1) is 0 Å². The van der Waals surface area contributed by atoms with Crippen LogP contribution in [0.3, 0.4) is 0 Å². The zero-order valence-corrected chi connectivity index (χ0v) is 3.14. The fraction of sp³-hybridized carbons (Fsp3) is 0. The molecule has 0 aromatic heterocycles. The van der Waals surface area contributed by atoms with Crippen molar-refractivity contribution in [3.63, 3.8) is 0 Å². The van der Waals surface area contributed by atoms with E-state index >= 15 is 0 Å². The second-order valence-corrected chi connectivity index (χ2v) is 0.839. The predicted molar refractivity (Wildman–Crippen MR) is 11.5 cm³/mol. The van der Waals surface area contributed by atoms with Gasteiger partial charge in [0.1, 0.15) is 0 Å². The van der Waals surface area contributed by atoms with Gasteiger partial charge in [-0.05, 0) is 0 Å². The van der Waals surface area contributed by atoms with Gasteiger partial charge in [0, 0.05) is 0 Å². The van der Waals surface area contributed by atoms with Crippen LogP contribution in [0.2, 0.25) is 0 Å². The Morgan fingerprint density at radius 1 is 1.80 bits per heavy atom. The first-order valence-electron chi connectivity index (χ1n) is 0.702. The minimum atomic E-state index is -0.132. The van der Waals surface area contributed by atoms with Crippen LogP contribution in [0.4, 0.5) is 0 Å². The van der Waals surface area contributed by atoms with Gasteiger partial charge in [-0.15, -0.1) is 0 Å². The van der Waals surface area contributed by atoms with E-state index in [1.807, 2.05) is 0 Å². The number of rotatable bonds is 1. The van der Waals surface area contributed by atoms with Crippen molar-refractivity contribution in [2.75, 3.05) is 0 Å². The maximum atomic E-state index is 8.97. The third-order valence-electron chi connectivity index (χ3n) is 0.0609. The molecule has 5 heavy (non-hydrogen) atoms. The summed E-state index contributed by atoms with van der Waals surface area (Å²) in [6, 6.07) is 0. The molecule has 0 fully saturated rings. The van der Waals surface area contributed by atoms with E-state index in [1.165, 1.54) is 4.82 Å². The zero-order valence-electron chi connectivity index (χ0n) is 2.10. The van der Waals surface area contributed by atoms with Gasteiger partial charge in [0.25, 0.3) is 0 Å². The monoisotopic (exact) mass is 117 g/mol. The van der Waals surface area contributed by atoms with E-state index in [4.69, 9.17) is 9.70 Å². The average Bonchev–Trinajstić information content (AvgIpc) is 1.41. The molecular weight excluding hydrogens is 117 g/mol.